The van der Waals surface area contributed by atoms with E-state index >= 15 is 0 Å². The van der Waals surface area contributed by atoms with Crippen molar-refractivity contribution in [2.75, 3.05) is 32.8 Å². The summed E-state index contributed by atoms with van der Waals surface area (Å²) in [5.74, 6) is -0.103. The molecule has 4 rings (SSSR count). The van der Waals surface area contributed by atoms with Gasteiger partial charge in [0.2, 0.25) is 5.91 Å². The lowest BCUT2D eigenvalue weighted by molar-refractivity contribution is -0.137. The number of rotatable bonds is 7. The number of ether oxygens (including phenoxy) is 1. The maximum absolute atomic E-state index is 13.7. The van der Waals surface area contributed by atoms with Crippen molar-refractivity contribution in [3.8, 4) is 11.1 Å². The summed E-state index contributed by atoms with van der Waals surface area (Å²) in [6, 6.07) is 14.9. The number of amides is 1. The number of halogens is 1. The Morgan fingerprint density at radius 3 is 2.48 bits per heavy atom. The predicted octanol–water partition coefficient (Wildman–Crippen LogP) is 4.43. The van der Waals surface area contributed by atoms with E-state index in [2.05, 4.69) is 29.3 Å². The van der Waals surface area contributed by atoms with E-state index in [1.54, 1.807) is 12.1 Å². The number of nitrogens with zero attached hydrogens (tertiary/aromatic N) is 1. The standard InChI is InChI=1S/C26H33FN2O2/c1-20(19-29-12-2-3-13-29)28-25(30)26(10-14-31-15-11-26)18-21-6-4-7-22(16-21)23-8-5-9-24(27)17-23/h4-9,16-17,20H,2-3,10-15,18-19H2,1H3,(H,28,30). The Hall–Kier alpha value is -2.24. The van der Waals surface area contributed by atoms with E-state index < -0.39 is 5.41 Å². The lowest BCUT2D eigenvalue weighted by atomic mass is 9.74. The van der Waals surface area contributed by atoms with E-state index in [9.17, 15) is 9.18 Å². The summed E-state index contributed by atoms with van der Waals surface area (Å²) < 4.78 is 19.3. The van der Waals surface area contributed by atoms with Gasteiger partial charge in [-0.2, -0.15) is 0 Å². The van der Waals surface area contributed by atoms with Gasteiger partial charge in [0.15, 0.2) is 0 Å². The highest BCUT2D eigenvalue weighted by Crippen LogP contribution is 2.36. The van der Waals surface area contributed by atoms with Crippen molar-refractivity contribution in [1.82, 2.24) is 10.2 Å². The van der Waals surface area contributed by atoms with Crippen LogP contribution < -0.4 is 5.32 Å². The molecule has 2 aromatic carbocycles. The first-order chi connectivity index (χ1) is 15.0. The second-order valence-corrected chi connectivity index (χ2v) is 9.16. The molecule has 2 aromatic rings. The zero-order valence-electron chi connectivity index (χ0n) is 18.4. The molecule has 1 unspecified atom stereocenters. The molecule has 2 fully saturated rings. The van der Waals surface area contributed by atoms with Gasteiger partial charge >= 0.3 is 0 Å². The lowest BCUT2D eigenvalue weighted by Crippen LogP contribution is -2.51. The predicted molar refractivity (Wildman–Crippen MR) is 121 cm³/mol. The molecule has 0 bridgehead atoms. The first-order valence-corrected chi connectivity index (χ1v) is 11.5. The van der Waals surface area contributed by atoms with E-state index in [1.807, 2.05) is 18.2 Å². The van der Waals surface area contributed by atoms with Crippen LogP contribution in [-0.2, 0) is 16.0 Å². The maximum atomic E-state index is 13.7. The van der Waals surface area contributed by atoms with E-state index in [0.29, 0.717) is 19.6 Å². The Labute approximate surface area is 184 Å². The van der Waals surface area contributed by atoms with Gasteiger partial charge in [0.05, 0.1) is 5.41 Å². The number of likely N-dealkylation sites (tertiary alicyclic amines) is 1. The molecule has 0 aromatic heterocycles. The van der Waals surface area contributed by atoms with Crippen LogP contribution in [0.5, 0.6) is 0 Å². The molecule has 2 saturated heterocycles. The van der Waals surface area contributed by atoms with Gasteiger partial charge in [-0.3, -0.25) is 4.79 Å². The number of nitrogens with one attached hydrogen (secondary N) is 1. The SMILES string of the molecule is CC(CN1CCCC1)NC(=O)C1(Cc2cccc(-c3cccc(F)c3)c2)CCOCC1. The van der Waals surface area contributed by atoms with E-state index in [4.69, 9.17) is 4.74 Å². The van der Waals surface area contributed by atoms with Gasteiger partial charge in [0.1, 0.15) is 5.82 Å². The Bertz CT molecular complexity index is 888. The first kappa shape index (κ1) is 22.0. The smallest absolute Gasteiger partial charge is 0.226 e. The van der Waals surface area contributed by atoms with Crippen LogP contribution in [-0.4, -0.2) is 49.7 Å². The molecule has 0 spiro atoms. The van der Waals surface area contributed by atoms with Crippen LogP contribution in [0.2, 0.25) is 0 Å². The van der Waals surface area contributed by atoms with E-state index in [0.717, 1.165) is 49.2 Å². The quantitative estimate of drug-likeness (QED) is 0.715. The molecule has 1 atom stereocenters. The fraction of sp³-hybridized carbons (Fsp3) is 0.500. The van der Waals surface area contributed by atoms with Crippen molar-refractivity contribution in [2.45, 2.75) is 45.1 Å². The zero-order valence-corrected chi connectivity index (χ0v) is 18.4. The van der Waals surface area contributed by atoms with Crippen molar-refractivity contribution in [1.29, 1.82) is 0 Å². The number of carbonyl (C=O) groups excluding carboxylic acids is 1. The van der Waals surface area contributed by atoms with Crippen molar-refractivity contribution in [2.24, 2.45) is 5.41 Å². The van der Waals surface area contributed by atoms with Gasteiger partial charge in [0.25, 0.3) is 0 Å². The minimum Gasteiger partial charge on any atom is -0.381 e. The number of benzene rings is 2. The maximum Gasteiger partial charge on any atom is 0.226 e. The Kier molecular flexibility index (Phi) is 7.03. The molecule has 4 nitrogen and oxygen atoms in total. The Balaban J connectivity index is 1.50. The van der Waals surface area contributed by atoms with Gasteiger partial charge in [-0.15, -0.1) is 0 Å². The molecule has 166 valence electrons. The number of hydrogen-bond acceptors (Lipinski definition) is 3. The highest BCUT2D eigenvalue weighted by Gasteiger charge is 2.40. The van der Waals surface area contributed by atoms with Crippen LogP contribution in [0.15, 0.2) is 48.5 Å². The highest BCUT2D eigenvalue weighted by atomic mass is 19.1. The van der Waals surface area contributed by atoms with Crippen molar-refractivity contribution >= 4 is 5.91 Å². The van der Waals surface area contributed by atoms with Crippen molar-refractivity contribution in [3.63, 3.8) is 0 Å². The van der Waals surface area contributed by atoms with Crippen LogP contribution in [0.1, 0.15) is 38.2 Å². The molecule has 0 radical (unpaired) electrons. The molecule has 1 N–H and O–H groups in total. The number of hydrogen-bond donors (Lipinski definition) is 1. The third-order valence-electron chi connectivity index (χ3n) is 6.67. The van der Waals surface area contributed by atoms with Gasteiger partial charge in [0, 0.05) is 25.8 Å². The normalized spacial score (nSPS) is 19.8. The van der Waals surface area contributed by atoms with Crippen molar-refractivity contribution in [3.05, 3.63) is 59.9 Å². The molecule has 0 saturated carbocycles. The zero-order chi connectivity index (χ0) is 21.7. The average molecular weight is 425 g/mol. The molecule has 5 heteroatoms. The first-order valence-electron chi connectivity index (χ1n) is 11.5. The highest BCUT2D eigenvalue weighted by molar-refractivity contribution is 5.83. The largest absolute Gasteiger partial charge is 0.381 e. The van der Waals surface area contributed by atoms with Gasteiger partial charge < -0.3 is 15.0 Å². The Morgan fingerprint density at radius 2 is 1.77 bits per heavy atom. The van der Waals surface area contributed by atoms with Crippen LogP contribution >= 0.6 is 0 Å². The topological polar surface area (TPSA) is 41.6 Å². The van der Waals surface area contributed by atoms with E-state index in [-0.39, 0.29) is 17.8 Å². The van der Waals surface area contributed by atoms with E-state index in [1.165, 1.54) is 18.9 Å². The summed E-state index contributed by atoms with van der Waals surface area (Å²) in [4.78, 5) is 15.9. The molecule has 2 aliphatic heterocycles. The molecular formula is C26H33FN2O2. The third kappa shape index (κ3) is 5.52. The van der Waals surface area contributed by atoms with Crippen LogP contribution in [0, 0.1) is 11.2 Å². The second-order valence-electron chi connectivity index (χ2n) is 9.16. The van der Waals surface area contributed by atoms with Gasteiger partial charge in [-0.05, 0) is 80.9 Å². The molecule has 2 heterocycles. The van der Waals surface area contributed by atoms with Crippen molar-refractivity contribution < 1.29 is 13.9 Å². The molecule has 31 heavy (non-hydrogen) atoms. The number of carbonyl (C=O) groups is 1. The monoisotopic (exact) mass is 424 g/mol. The molecule has 0 aliphatic carbocycles. The summed E-state index contributed by atoms with van der Waals surface area (Å²) in [5.41, 5.74) is 2.47. The fourth-order valence-electron chi connectivity index (χ4n) is 4.94. The summed E-state index contributed by atoms with van der Waals surface area (Å²) >= 11 is 0. The fourth-order valence-corrected chi connectivity index (χ4v) is 4.94. The minimum absolute atomic E-state index is 0.129. The summed E-state index contributed by atoms with van der Waals surface area (Å²) in [5, 5.41) is 3.31. The molecule has 1 amide bonds. The lowest BCUT2D eigenvalue weighted by Gasteiger charge is -2.37. The summed E-state index contributed by atoms with van der Waals surface area (Å²) in [7, 11) is 0. The molecular weight excluding hydrogens is 391 g/mol. The van der Waals surface area contributed by atoms with Gasteiger partial charge in [-0.25, -0.2) is 4.39 Å². The van der Waals surface area contributed by atoms with Crippen LogP contribution in [0.25, 0.3) is 11.1 Å². The minimum atomic E-state index is -0.460. The van der Waals surface area contributed by atoms with Crippen LogP contribution in [0.3, 0.4) is 0 Å². The third-order valence-corrected chi connectivity index (χ3v) is 6.67. The average Bonchev–Trinajstić information content (AvgIpc) is 3.27. The summed E-state index contributed by atoms with van der Waals surface area (Å²) in [6.07, 6.45) is 4.62. The molecule has 2 aliphatic rings. The Morgan fingerprint density at radius 1 is 1.10 bits per heavy atom. The van der Waals surface area contributed by atoms with Gasteiger partial charge in [-0.1, -0.05) is 36.4 Å². The second kappa shape index (κ2) is 9.92. The van der Waals surface area contributed by atoms with Crippen LogP contribution in [0.4, 0.5) is 4.39 Å². The summed E-state index contributed by atoms with van der Waals surface area (Å²) in [6.45, 7) is 6.49.